The molecule has 2 rings (SSSR count). The van der Waals surface area contributed by atoms with Gasteiger partial charge in [-0.3, -0.25) is 0 Å². The predicted molar refractivity (Wildman–Crippen MR) is 100 cm³/mol. The minimum Gasteiger partial charge on any atom is -0.444 e. The van der Waals surface area contributed by atoms with Crippen LogP contribution in [-0.2, 0) is 4.74 Å². The molecule has 0 atom stereocenters. The number of nitrogens with zero attached hydrogens (tertiary/aromatic N) is 1. The standard InChI is InChI=1S/C21H24NO4/c1-21(2,3)26-20(24)22(4)15-14-16-10-12-18(13-11-16)25-19(23)17-8-6-5-7-9-17/h5-14H,15H2,1-4H3. The minimum absolute atomic E-state index is 0.373. The van der Waals surface area contributed by atoms with Gasteiger partial charge in [-0.15, -0.1) is 0 Å². The van der Waals surface area contributed by atoms with E-state index in [9.17, 15) is 9.59 Å². The maximum absolute atomic E-state index is 12.0. The molecule has 0 saturated carbocycles. The Morgan fingerprint density at radius 2 is 1.62 bits per heavy atom. The molecule has 5 nitrogen and oxygen atoms in total. The molecule has 2 aromatic rings. The van der Waals surface area contributed by atoms with E-state index in [4.69, 9.17) is 9.47 Å². The number of rotatable bonds is 5. The molecule has 0 saturated heterocycles. The van der Waals surface area contributed by atoms with Gasteiger partial charge in [-0.1, -0.05) is 30.3 Å². The van der Waals surface area contributed by atoms with Crippen LogP contribution >= 0.6 is 0 Å². The molecular formula is C21H24NO4. The van der Waals surface area contributed by atoms with Crippen molar-refractivity contribution in [1.29, 1.82) is 0 Å². The fraction of sp³-hybridized carbons (Fsp3) is 0.286. The molecule has 2 aromatic carbocycles. The molecular weight excluding hydrogens is 330 g/mol. The maximum Gasteiger partial charge on any atom is 0.410 e. The average Bonchev–Trinajstić information content (AvgIpc) is 2.60. The average molecular weight is 354 g/mol. The van der Waals surface area contributed by atoms with Crippen LogP contribution in [0.5, 0.6) is 5.75 Å². The summed E-state index contributed by atoms with van der Waals surface area (Å²) in [6, 6.07) is 15.9. The third kappa shape index (κ3) is 6.24. The minimum atomic E-state index is -0.518. The van der Waals surface area contributed by atoms with Crippen LogP contribution < -0.4 is 4.74 Å². The second-order valence-electron chi connectivity index (χ2n) is 6.89. The number of amides is 1. The lowest BCUT2D eigenvalue weighted by molar-refractivity contribution is 0.0313. The van der Waals surface area contributed by atoms with Gasteiger partial charge in [-0.25, -0.2) is 9.59 Å². The molecule has 0 heterocycles. The van der Waals surface area contributed by atoms with E-state index in [-0.39, 0.29) is 6.09 Å². The third-order valence-electron chi connectivity index (χ3n) is 3.41. The number of hydrogen-bond donors (Lipinski definition) is 0. The van der Waals surface area contributed by atoms with Gasteiger partial charge in [0.2, 0.25) is 0 Å². The van der Waals surface area contributed by atoms with Crippen LogP contribution in [0.15, 0.2) is 54.6 Å². The zero-order valence-corrected chi connectivity index (χ0v) is 15.6. The Hall–Kier alpha value is -2.82. The van der Waals surface area contributed by atoms with Gasteiger partial charge in [0.1, 0.15) is 11.4 Å². The molecule has 137 valence electrons. The quantitative estimate of drug-likeness (QED) is 0.592. The topological polar surface area (TPSA) is 55.8 Å². The van der Waals surface area contributed by atoms with Crippen molar-refractivity contribution in [2.24, 2.45) is 0 Å². The van der Waals surface area contributed by atoms with E-state index < -0.39 is 11.6 Å². The summed E-state index contributed by atoms with van der Waals surface area (Å²) in [6.45, 7) is 5.91. The lowest BCUT2D eigenvalue weighted by Gasteiger charge is -2.24. The summed E-state index contributed by atoms with van der Waals surface area (Å²) < 4.78 is 10.6. The van der Waals surface area contributed by atoms with Crippen molar-refractivity contribution in [1.82, 2.24) is 4.90 Å². The van der Waals surface area contributed by atoms with E-state index in [0.29, 0.717) is 17.9 Å². The molecule has 0 aliphatic rings. The van der Waals surface area contributed by atoms with Gasteiger partial charge in [0.05, 0.1) is 5.56 Å². The predicted octanol–water partition coefficient (Wildman–Crippen LogP) is 4.33. The SMILES string of the molecule is CN(C[CH]c1ccc(OC(=O)c2ccccc2)cc1)C(=O)OC(C)(C)C. The number of esters is 1. The van der Waals surface area contributed by atoms with Crippen molar-refractivity contribution < 1.29 is 19.1 Å². The van der Waals surface area contributed by atoms with Gasteiger partial charge in [0.25, 0.3) is 0 Å². The first-order valence-electron chi connectivity index (χ1n) is 8.39. The number of benzene rings is 2. The molecule has 1 radical (unpaired) electrons. The Kier molecular flexibility index (Phi) is 6.39. The monoisotopic (exact) mass is 354 g/mol. The fourth-order valence-corrected chi connectivity index (χ4v) is 2.07. The molecule has 26 heavy (non-hydrogen) atoms. The van der Waals surface area contributed by atoms with E-state index in [1.54, 1.807) is 43.4 Å². The first-order chi connectivity index (χ1) is 12.2. The second kappa shape index (κ2) is 8.52. The smallest absolute Gasteiger partial charge is 0.410 e. The molecule has 0 N–H and O–H groups in total. The number of carbonyl (C=O) groups is 2. The lowest BCUT2D eigenvalue weighted by atomic mass is 10.1. The molecule has 0 aliphatic carbocycles. The lowest BCUT2D eigenvalue weighted by Crippen LogP contribution is -2.34. The number of hydrogen-bond acceptors (Lipinski definition) is 4. The summed E-state index contributed by atoms with van der Waals surface area (Å²) in [5.41, 5.74) is 0.900. The summed E-state index contributed by atoms with van der Waals surface area (Å²) >= 11 is 0. The van der Waals surface area contributed by atoms with Crippen LogP contribution in [0, 0.1) is 6.42 Å². The molecule has 1 amide bonds. The van der Waals surface area contributed by atoms with E-state index in [2.05, 4.69) is 0 Å². The second-order valence-corrected chi connectivity index (χ2v) is 6.89. The van der Waals surface area contributed by atoms with Crippen molar-refractivity contribution >= 4 is 12.1 Å². The number of likely N-dealkylation sites (N-methyl/N-ethyl adjacent to an activating group) is 1. The largest absolute Gasteiger partial charge is 0.444 e. The molecule has 0 aromatic heterocycles. The molecule has 0 fully saturated rings. The van der Waals surface area contributed by atoms with Crippen LogP contribution in [0.3, 0.4) is 0 Å². The Labute approximate surface area is 154 Å². The normalized spacial score (nSPS) is 10.9. The van der Waals surface area contributed by atoms with Crippen molar-refractivity contribution in [3.8, 4) is 5.75 Å². The zero-order chi connectivity index (χ0) is 19.2. The highest BCUT2D eigenvalue weighted by Gasteiger charge is 2.19. The van der Waals surface area contributed by atoms with Gasteiger partial charge in [0, 0.05) is 20.0 Å². The Bertz CT molecular complexity index is 733. The summed E-state index contributed by atoms with van der Waals surface area (Å²) in [5.74, 6) is 0.0727. The van der Waals surface area contributed by atoms with Gasteiger partial charge >= 0.3 is 12.1 Å². The summed E-state index contributed by atoms with van der Waals surface area (Å²) in [5, 5.41) is 0. The van der Waals surface area contributed by atoms with E-state index in [0.717, 1.165) is 5.56 Å². The first kappa shape index (κ1) is 19.5. The van der Waals surface area contributed by atoms with Crippen LogP contribution in [0.4, 0.5) is 4.79 Å². The van der Waals surface area contributed by atoms with Gasteiger partial charge in [0.15, 0.2) is 0 Å². The van der Waals surface area contributed by atoms with Crippen LogP contribution in [0.25, 0.3) is 0 Å². The Balaban J connectivity index is 1.85. The highest BCUT2D eigenvalue weighted by atomic mass is 16.6. The molecule has 0 aliphatic heterocycles. The van der Waals surface area contributed by atoms with Gasteiger partial charge in [-0.05, 0) is 50.6 Å². The molecule has 0 bridgehead atoms. The molecule has 0 unspecified atom stereocenters. The highest BCUT2D eigenvalue weighted by molar-refractivity contribution is 5.90. The maximum atomic E-state index is 12.0. The van der Waals surface area contributed by atoms with Crippen LogP contribution in [0.1, 0.15) is 36.7 Å². The van der Waals surface area contributed by atoms with Crippen molar-refractivity contribution in [3.05, 3.63) is 72.1 Å². The summed E-state index contributed by atoms with van der Waals surface area (Å²) in [4.78, 5) is 25.4. The van der Waals surface area contributed by atoms with E-state index >= 15 is 0 Å². The van der Waals surface area contributed by atoms with Crippen molar-refractivity contribution in [2.75, 3.05) is 13.6 Å². The molecule has 0 spiro atoms. The van der Waals surface area contributed by atoms with Crippen LogP contribution in [-0.4, -0.2) is 36.2 Å². The van der Waals surface area contributed by atoms with Gasteiger partial charge < -0.3 is 14.4 Å². The fourth-order valence-electron chi connectivity index (χ4n) is 2.07. The number of carbonyl (C=O) groups excluding carboxylic acids is 2. The van der Waals surface area contributed by atoms with Crippen LogP contribution in [0.2, 0.25) is 0 Å². The number of ether oxygens (including phenoxy) is 2. The van der Waals surface area contributed by atoms with Gasteiger partial charge in [-0.2, -0.15) is 0 Å². The van der Waals surface area contributed by atoms with E-state index in [1.165, 1.54) is 4.90 Å². The summed E-state index contributed by atoms with van der Waals surface area (Å²) in [7, 11) is 1.68. The Morgan fingerprint density at radius 1 is 1.00 bits per heavy atom. The Morgan fingerprint density at radius 3 is 2.19 bits per heavy atom. The highest BCUT2D eigenvalue weighted by Crippen LogP contribution is 2.16. The zero-order valence-electron chi connectivity index (χ0n) is 15.6. The molecule has 5 heteroatoms. The van der Waals surface area contributed by atoms with E-state index in [1.807, 2.05) is 45.4 Å². The van der Waals surface area contributed by atoms with Crippen molar-refractivity contribution in [3.63, 3.8) is 0 Å². The summed E-state index contributed by atoms with van der Waals surface area (Å²) in [6.07, 6.45) is 1.52. The first-order valence-corrected chi connectivity index (χ1v) is 8.39. The third-order valence-corrected chi connectivity index (χ3v) is 3.41. The van der Waals surface area contributed by atoms with Crippen molar-refractivity contribution in [2.45, 2.75) is 26.4 Å².